The van der Waals surface area contributed by atoms with Gasteiger partial charge >= 0.3 is 0 Å². The van der Waals surface area contributed by atoms with Crippen LogP contribution in [0.4, 0.5) is 0 Å². The van der Waals surface area contributed by atoms with Crippen LogP contribution in [0.15, 0.2) is 11.6 Å². The summed E-state index contributed by atoms with van der Waals surface area (Å²) in [6.07, 6.45) is 14.7. The first kappa shape index (κ1) is 29.1. The average molecular weight is 455 g/mol. The van der Waals surface area contributed by atoms with Crippen molar-refractivity contribution in [3.63, 3.8) is 0 Å². The zero-order valence-corrected chi connectivity index (χ0v) is 23.0. The SMILES string of the molecule is CC(C)CCCC(C)CCCC(C)(O)CCCC(C)CCC1=CC(O)C(C)C(C)C1P. The normalized spacial score (nSPS) is 28.3. The van der Waals surface area contributed by atoms with Crippen LogP contribution in [0.5, 0.6) is 0 Å². The van der Waals surface area contributed by atoms with Crippen LogP contribution >= 0.6 is 9.24 Å². The van der Waals surface area contributed by atoms with Gasteiger partial charge in [0.2, 0.25) is 0 Å². The molecule has 0 aromatic carbocycles. The second kappa shape index (κ2) is 14.4. The Morgan fingerprint density at radius 1 is 0.871 bits per heavy atom. The molecule has 0 aromatic rings. The van der Waals surface area contributed by atoms with E-state index in [1.54, 1.807) is 0 Å². The van der Waals surface area contributed by atoms with Crippen LogP contribution in [0.1, 0.15) is 119 Å². The Labute approximate surface area is 197 Å². The molecule has 2 nitrogen and oxygen atoms in total. The zero-order valence-electron chi connectivity index (χ0n) is 21.9. The Hall–Kier alpha value is 0.0900. The van der Waals surface area contributed by atoms with E-state index in [0.29, 0.717) is 23.4 Å². The summed E-state index contributed by atoms with van der Waals surface area (Å²) < 4.78 is 0. The summed E-state index contributed by atoms with van der Waals surface area (Å²) in [5, 5.41) is 21.1. The van der Waals surface area contributed by atoms with Crippen LogP contribution in [0.2, 0.25) is 0 Å². The van der Waals surface area contributed by atoms with Gasteiger partial charge in [-0.05, 0) is 67.9 Å². The molecule has 3 heteroatoms. The van der Waals surface area contributed by atoms with Gasteiger partial charge in [0.1, 0.15) is 0 Å². The minimum atomic E-state index is -0.510. The molecule has 8 atom stereocenters. The summed E-state index contributed by atoms with van der Waals surface area (Å²) in [4.78, 5) is 0. The first-order valence-corrected chi connectivity index (χ1v) is 14.0. The Morgan fingerprint density at radius 3 is 1.94 bits per heavy atom. The second-order valence-electron chi connectivity index (χ2n) is 11.8. The lowest BCUT2D eigenvalue weighted by Crippen LogP contribution is -2.34. The minimum Gasteiger partial charge on any atom is -0.390 e. The van der Waals surface area contributed by atoms with Crippen molar-refractivity contribution < 1.29 is 10.2 Å². The van der Waals surface area contributed by atoms with Crippen LogP contribution in [0, 0.1) is 29.6 Å². The smallest absolute Gasteiger partial charge is 0.0752 e. The molecule has 2 N–H and O–H groups in total. The molecule has 0 amide bonds. The molecular formula is C28H55O2P. The Morgan fingerprint density at radius 2 is 1.39 bits per heavy atom. The highest BCUT2D eigenvalue weighted by Crippen LogP contribution is 2.37. The predicted molar refractivity (Wildman–Crippen MR) is 140 cm³/mol. The molecule has 184 valence electrons. The van der Waals surface area contributed by atoms with E-state index in [4.69, 9.17) is 0 Å². The van der Waals surface area contributed by atoms with Gasteiger partial charge in [0, 0.05) is 0 Å². The molecule has 8 unspecified atom stereocenters. The van der Waals surface area contributed by atoms with Crippen molar-refractivity contribution in [3.05, 3.63) is 11.6 Å². The lowest BCUT2D eigenvalue weighted by atomic mass is 9.78. The van der Waals surface area contributed by atoms with E-state index in [9.17, 15) is 10.2 Å². The summed E-state index contributed by atoms with van der Waals surface area (Å²) in [7, 11) is 3.01. The quantitative estimate of drug-likeness (QED) is 0.196. The Balaban J connectivity index is 2.22. The van der Waals surface area contributed by atoms with Crippen molar-refractivity contribution >= 4 is 9.24 Å². The van der Waals surface area contributed by atoms with E-state index in [-0.39, 0.29) is 6.10 Å². The number of hydrogen-bond donors (Lipinski definition) is 2. The highest BCUT2D eigenvalue weighted by molar-refractivity contribution is 7.18. The van der Waals surface area contributed by atoms with Crippen LogP contribution in [-0.4, -0.2) is 27.6 Å². The molecular weight excluding hydrogens is 399 g/mol. The largest absolute Gasteiger partial charge is 0.390 e. The van der Waals surface area contributed by atoms with Crippen molar-refractivity contribution in [2.24, 2.45) is 29.6 Å². The molecule has 1 aliphatic carbocycles. The molecule has 0 aromatic heterocycles. The van der Waals surface area contributed by atoms with Gasteiger partial charge in [-0.1, -0.05) is 98.1 Å². The summed E-state index contributed by atoms with van der Waals surface area (Å²) >= 11 is 0. The van der Waals surface area contributed by atoms with Gasteiger partial charge in [0.05, 0.1) is 11.7 Å². The molecule has 0 radical (unpaired) electrons. The van der Waals surface area contributed by atoms with E-state index in [1.165, 1.54) is 44.1 Å². The van der Waals surface area contributed by atoms with E-state index in [1.807, 2.05) is 6.92 Å². The fraction of sp³-hybridized carbons (Fsp3) is 0.929. The van der Waals surface area contributed by atoms with Gasteiger partial charge in [-0.15, -0.1) is 9.24 Å². The third-order valence-electron chi connectivity index (χ3n) is 7.98. The lowest BCUT2D eigenvalue weighted by molar-refractivity contribution is 0.0348. The van der Waals surface area contributed by atoms with E-state index < -0.39 is 5.60 Å². The maximum atomic E-state index is 10.8. The van der Waals surface area contributed by atoms with E-state index in [0.717, 1.165) is 43.9 Å². The maximum absolute atomic E-state index is 10.8. The monoisotopic (exact) mass is 454 g/mol. The van der Waals surface area contributed by atoms with Gasteiger partial charge in [-0.25, -0.2) is 0 Å². The molecule has 1 aliphatic rings. The third-order valence-corrected chi connectivity index (χ3v) is 9.01. The molecule has 0 heterocycles. The van der Waals surface area contributed by atoms with Crippen molar-refractivity contribution in [1.82, 2.24) is 0 Å². The number of aliphatic hydroxyl groups is 2. The molecule has 0 spiro atoms. The minimum absolute atomic E-state index is 0.287. The van der Waals surface area contributed by atoms with Crippen molar-refractivity contribution in [2.75, 3.05) is 0 Å². The maximum Gasteiger partial charge on any atom is 0.0752 e. The molecule has 0 saturated carbocycles. The van der Waals surface area contributed by atoms with Gasteiger partial charge in [-0.3, -0.25) is 0 Å². The summed E-state index contributed by atoms with van der Waals surface area (Å²) in [6.45, 7) is 15.8. The molecule has 31 heavy (non-hydrogen) atoms. The molecule has 1 rings (SSSR count). The van der Waals surface area contributed by atoms with Crippen molar-refractivity contribution in [3.8, 4) is 0 Å². The first-order valence-electron chi connectivity index (χ1n) is 13.3. The summed E-state index contributed by atoms with van der Waals surface area (Å²) in [6, 6.07) is 0. The van der Waals surface area contributed by atoms with Crippen LogP contribution in [0.25, 0.3) is 0 Å². The highest BCUT2D eigenvalue weighted by atomic mass is 31.0. The molecule has 0 saturated heterocycles. The number of hydrogen-bond acceptors (Lipinski definition) is 2. The van der Waals surface area contributed by atoms with E-state index in [2.05, 4.69) is 56.9 Å². The summed E-state index contributed by atoms with van der Waals surface area (Å²) in [5.41, 5.74) is 1.41. The fourth-order valence-corrected chi connectivity index (χ4v) is 5.70. The number of aliphatic hydroxyl groups excluding tert-OH is 1. The van der Waals surface area contributed by atoms with Crippen molar-refractivity contribution in [1.29, 1.82) is 0 Å². The third kappa shape index (κ3) is 11.7. The van der Waals surface area contributed by atoms with Crippen molar-refractivity contribution in [2.45, 2.75) is 136 Å². The predicted octanol–water partition coefficient (Wildman–Crippen LogP) is 7.77. The molecule has 0 bridgehead atoms. The number of rotatable bonds is 15. The molecule has 0 fully saturated rings. The Bertz CT molecular complexity index is 513. The standard InChI is InChI=1S/C28H55O2P/c1-20(2)11-8-12-21(3)13-9-17-28(7,30)18-10-14-22(4)15-16-25-19-26(29)23(5)24(6)27(25)31/h19-24,26-27,29-30H,8-18,31H2,1-7H3. The Kier molecular flexibility index (Phi) is 13.5. The van der Waals surface area contributed by atoms with E-state index >= 15 is 0 Å². The lowest BCUT2D eigenvalue weighted by Gasteiger charge is -2.36. The first-order chi connectivity index (χ1) is 14.4. The van der Waals surface area contributed by atoms with Gasteiger partial charge in [0.25, 0.3) is 0 Å². The second-order valence-corrected chi connectivity index (χ2v) is 12.5. The zero-order chi connectivity index (χ0) is 23.6. The fourth-order valence-electron chi connectivity index (χ4n) is 5.07. The van der Waals surface area contributed by atoms with Gasteiger partial charge in [-0.2, -0.15) is 0 Å². The number of allylic oxidation sites excluding steroid dienone is 1. The van der Waals surface area contributed by atoms with Crippen LogP contribution < -0.4 is 0 Å². The summed E-state index contributed by atoms with van der Waals surface area (Å²) in [5.74, 6) is 3.13. The molecule has 0 aliphatic heterocycles. The highest BCUT2D eigenvalue weighted by Gasteiger charge is 2.31. The van der Waals surface area contributed by atoms with Crippen LogP contribution in [-0.2, 0) is 0 Å². The van der Waals surface area contributed by atoms with Gasteiger partial charge < -0.3 is 10.2 Å². The van der Waals surface area contributed by atoms with Crippen LogP contribution in [0.3, 0.4) is 0 Å². The average Bonchev–Trinajstić information content (AvgIpc) is 2.67. The van der Waals surface area contributed by atoms with Gasteiger partial charge in [0.15, 0.2) is 0 Å². The topological polar surface area (TPSA) is 40.5 Å².